The van der Waals surface area contributed by atoms with E-state index in [0.717, 1.165) is 0 Å². The number of allylic oxidation sites excluding steroid dienone is 1. The SMILES string of the molecule is CC(F)=C(F)F.FP(F)F.[Ni]. The second-order valence-electron chi connectivity index (χ2n) is 0.986. The summed E-state index contributed by atoms with van der Waals surface area (Å²) >= 11 is 0. The average Bonchev–Trinajstić information content (AvgIpc) is 1.63. The van der Waals surface area contributed by atoms with E-state index in [-0.39, 0.29) is 16.5 Å². The second kappa shape index (κ2) is 10.2. The fraction of sp³-hybridized carbons (Fsp3) is 0.333. The zero-order valence-electron chi connectivity index (χ0n) is 5.03. The Balaban J connectivity index is -0.000000114. The van der Waals surface area contributed by atoms with Crippen molar-refractivity contribution in [2.24, 2.45) is 0 Å². The van der Waals surface area contributed by atoms with Crippen LogP contribution in [0, 0.1) is 0 Å². The van der Waals surface area contributed by atoms with Crippen molar-refractivity contribution in [1.82, 2.24) is 0 Å². The van der Waals surface area contributed by atoms with E-state index < -0.39 is 20.8 Å². The van der Waals surface area contributed by atoms with Gasteiger partial charge in [0.25, 0.3) is 0 Å². The van der Waals surface area contributed by atoms with Gasteiger partial charge in [-0.25, -0.2) is 4.39 Å². The monoisotopic (exact) mass is 242 g/mol. The van der Waals surface area contributed by atoms with Crippen molar-refractivity contribution in [1.29, 1.82) is 0 Å². The molecule has 0 bridgehead atoms. The summed E-state index contributed by atoms with van der Waals surface area (Å²) in [5.41, 5.74) is 0. The van der Waals surface area contributed by atoms with Crippen molar-refractivity contribution >= 4 is 8.85 Å². The Kier molecular flexibility index (Phi) is 16.2. The van der Waals surface area contributed by atoms with Gasteiger partial charge in [-0.3, -0.25) is 0 Å². The van der Waals surface area contributed by atoms with Gasteiger partial charge in [0.2, 0.25) is 0 Å². The molecule has 0 spiro atoms. The van der Waals surface area contributed by atoms with Crippen molar-refractivity contribution in [3.8, 4) is 0 Å². The van der Waals surface area contributed by atoms with Crippen LogP contribution >= 0.6 is 8.85 Å². The van der Waals surface area contributed by atoms with Gasteiger partial charge < -0.3 is 0 Å². The molecule has 0 rings (SSSR count). The first-order chi connectivity index (χ1) is 4.37. The number of hydrogen-bond donors (Lipinski definition) is 0. The Morgan fingerprint density at radius 1 is 1.00 bits per heavy atom. The Bertz CT molecular complexity index is 93.6. The molecule has 0 heterocycles. The summed E-state index contributed by atoms with van der Waals surface area (Å²) < 4.78 is 61.5. The van der Waals surface area contributed by atoms with Crippen LogP contribution in [0.5, 0.6) is 0 Å². The summed E-state index contributed by atoms with van der Waals surface area (Å²) in [4.78, 5) is 0. The molecular weight excluding hydrogens is 240 g/mol. The third-order valence-electron chi connectivity index (χ3n) is 0.260. The second-order valence-corrected chi connectivity index (χ2v) is 1.37. The van der Waals surface area contributed by atoms with E-state index in [2.05, 4.69) is 0 Å². The van der Waals surface area contributed by atoms with E-state index in [1.165, 1.54) is 0 Å². The molecule has 0 radical (unpaired) electrons. The van der Waals surface area contributed by atoms with E-state index in [1.54, 1.807) is 0 Å². The van der Waals surface area contributed by atoms with E-state index in [9.17, 15) is 25.8 Å². The van der Waals surface area contributed by atoms with E-state index in [4.69, 9.17) is 0 Å². The topological polar surface area (TPSA) is 0 Å². The largest absolute Gasteiger partial charge is 0.456 e. The minimum atomic E-state index is -4.12. The molecule has 0 fully saturated rings. The summed E-state index contributed by atoms with van der Waals surface area (Å²) in [5, 5.41) is 0. The summed E-state index contributed by atoms with van der Waals surface area (Å²) in [6, 6.07) is 0. The zero-order chi connectivity index (χ0) is 8.73. The standard InChI is InChI=1S/C3H3F3.F3P.Ni/c1-2(4)3(5)6;1-4(2)3;/h1H3;;. The molecule has 8 heteroatoms. The molecule has 0 saturated heterocycles. The Morgan fingerprint density at radius 3 is 1.09 bits per heavy atom. The summed E-state index contributed by atoms with van der Waals surface area (Å²) in [6.07, 6.45) is -2.24. The quantitative estimate of drug-likeness (QED) is 0.339. The average molecular weight is 243 g/mol. The smallest absolute Gasteiger partial charge is 0.206 e. The molecule has 0 aliphatic heterocycles. The summed E-state index contributed by atoms with van der Waals surface area (Å²) in [5.74, 6) is -1.41. The molecule has 0 aliphatic carbocycles. The van der Waals surface area contributed by atoms with E-state index in [0.29, 0.717) is 6.92 Å². The van der Waals surface area contributed by atoms with Gasteiger partial charge in [0.15, 0.2) is 5.83 Å². The van der Waals surface area contributed by atoms with Crippen LogP contribution < -0.4 is 0 Å². The Morgan fingerprint density at radius 2 is 1.09 bits per heavy atom. The third-order valence-corrected chi connectivity index (χ3v) is 0.260. The van der Waals surface area contributed by atoms with E-state index in [1.807, 2.05) is 0 Å². The third kappa shape index (κ3) is 38.7. The normalized spacial score (nSPS) is 7.64. The molecule has 0 atom stereocenters. The zero-order valence-corrected chi connectivity index (χ0v) is 6.91. The van der Waals surface area contributed by atoms with Gasteiger partial charge in [-0.15, -0.1) is 0 Å². The van der Waals surface area contributed by atoms with Crippen LogP contribution in [-0.2, 0) is 16.5 Å². The van der Waals surface area contributed by atoms with Gasteiger partial charge in [0.1, 0.15) is 0 Å². The molecule has 0 aromatic rings. The molecule has 72 valence electrons. The van der Waals surface area contributed by atoms with Crippen LogP contribution in [0.1, 0.15) is 6.92 Å². The molecule has 0 aromatic heterocycles. The van der Waals surface area contributed by atoms with Crippen LogP contribution in [-0.4, -0.2) is 0 Å². The molecule has 0 unspecified atom stereocenters. The first-order valence-electron chi connectivity index (χ1n) is 1.82. The molecule has 0 amide bonds. The van der Waals surface area contributed by atoms with Gasteiger partial charge >= 0.3 is 14.9 Å². The maximum absolute atomic E-state index is 11.0. The molecule has 11 heavy (non-hydrogen) atoms. The summed E-state index contributed by atoms with van der Waals surface area (Å²) in [7, 11) is -4.12. The first-order valence-corrected chi connectivity index (χ1v) is 2.84. The first kappa shape index (κ1) is 17.4. The van der Waals surface area contributed by atoms with Crippen LogP contribution in [0.4, 0.5) is 25.8 Å². The maximum atomic E-state index is 11.0. The van der Waals surface area contributed by atoms with Crippen LogP contribution in [0.2, 0.25) is 0 Å². The molecular formula is C3H3F6NiP. The Hall–Kier alpha value is 0.244. The van der Waals surface area contributed by atoms with Crippen molar-refractivity contribution in [3.05, 3.63) is 11.9 Å². The van der Waals surface area contributed by atoms with E-state index >= 15 is 0 Å². The van der Waals surface area contributed by atoms with Gasteiger partial charge in [-0.1, -0.05) is 0 Å². The van der Waals surface area contributed by atoms with Crippen LogP contribution in [0.3, 0.4) is 0 Å². The molecule has 0 nitrogen and oxygen atoms in total. The maximum Gasteiger partial charge on any atom is 0.456 e. The summed E-state index contributed by atoms with van der Waals surface area (Å²) in [6.45, 7) is 0.704. The van der Waals surface area contributed by atoms with Crippen LogP contribution in [0.25, 0.3) is 0 Å². The number of rotatable bonds is 0. The predicted octanol–water partition coefficient (Wildman–Crippen LogP) is 4.20. The number of hydrogen-bond acceptors (Lipinski definition) is 0. The van der Waals surface area contributed by atoms with Gasteiger partial charge in [-0.2, -0.15) is 21.4 Å². The van der Waals surface area contributed by atoms with Crippen molar-refractivity contribution in [2.75, 3.05) is 0 Å². The van der Waals surface area contributed by atoms with Crippen molar-refractivity contribution < 1.29 is 42.3 Å². The van der Waals surface area contributed by atoms with Gasteiger partial charge in [0, 0.05) is 16.5 Å². The number of halogens is 6. The van der Waals surface area contributed by atoms with Crippen molar-refractivity contribution in [3.63, 3.8) is 0 Å². The molecule has 0 N–H and O–H groups in total. The van der Waals surface area contributed by atoms with Gasteiger partial charge in [0.05, 0.1) is 0 Å². The Labute approximate surface area is 70.7 Å². The fourth-order valence-corrected chi connectivity index (χ4v) is 0. The predicted molar refractivity (Wildman–Crippen MR) is 26.3 cm³/mol. The fourth-order valence-electron chi connectivity index (χ4n) is 0. The van der Waals surface area contributed by atoms with Crippen LogP contribution in [0.15, 0.2) is 11.9 Å². The minimum Gasteiger partial charge on any atom is -0.206 e. The minimum absolute atomic E-state index is 0. The molecule has 0 saturated carbocycles. The molecule has 0 aromatic carbocycles. The van der Waals surface area contributed by atoms with Crippen molar-refractivity contribution in [2.45, 2.75) is 6.92 Å². The van der Waals surface area contributed by atoms with Gasteiger partial charge in [-0.05, 0) is 6.92 Å². The molecule has 0 aliphatic rings.